The molecule has 0 aliphatic heterocycles. The maximum Gasteiger partial charge on any atom is 0.193 e. The maximum absolute atomic E-state index is 12.2. The molecule has 1 nitrogen and oxygen atoms in total. The van der Waals surface area contributed by atoms with Gasteiger partial charge >= 0.3 is 0 Å². The molecule has 0 spiro atoms. The van der Waals surface area contributed by atoms with E-state index in [-0.39, 0.29) is 5.78 Å². The number of hydrogen-bond acceptors (Lipinski definition) is 2. The number of carbonyl (C=O) groups is 1. The zero-order valence-electron chi connectivity index (χ0n) is 8.59. The number of thiocarbonyl (C=S) groups is 1. The second-order valence-electron chi connectivity index (χ2n) is 3.40. The Kier molecular flexibility index (Phi) is 3.22. The van der Waals surface area contributed by atoms with E-state index in [1.807, 2.05) is 48.5 Å². The first kappa shape index (κ1) is 10.7. The lowest BCUT2D eigenvalue weighted by Gasteiger charge is -2.04. The summed E-state index contributed by atoms with van der Waals surface area (Å²) >= 11 is 4.90. The molecular formula is C14H10OS. The molecule has 0 saturated carbocycles. The minimum absolute atomic E-state index is 0.0114. The van der Waals surface area contributed by atoms with Gasteiger partial charge in [0, 0.05) is 16.5 Å². The van der Waals surface area contributed by atoms with Crippen molar-refractivity contribution in [1.29, 1.82) is 0 Å². The van der Waals surface area contributed by atoms with Crippen LogP contribution < -0.4 is 0 Å². The van der Waals surface area contributed by atoms with Crippen LogP contribution in [0.2, 0.25) is 0 Å². The molecule has 0 N–H and O–H groups in total. The molecule has 0 saturated heterocycles. The van der Waals surface area contributed by atoms with Gasteiger partial charge in [-0.15, -0.1) is 0 Å². The van der Waals surface area contributed by atoms with Crippen molar-refractivity contribution >= 4 is 23.4 Å². The normalized spacial score (nSPS) is 9.75. The summed E-state index contributed by atoms with van der Waals surface area (Å²) in [6.07, 6.45) is 0. The first-order chi connectivity index (χ1) is 7.83. The standard InChI is InChI=1S/C14H10OS/c15-14(11-6-2-1-3-7-11)13-9-5-4-8-12(13)10-16/h1-10H. The maximum atomic E-state index is 12.2. The topological polar surface area (TPSA) is 17.1 Å². The van der Waals surface area contributed by atoms with E-state index in [1.165, 1.54) is 5.37 Å². The van der Waals surface area contributed by atoms with Crippen molar-refractivity contribution < 1.29 is 4.79 Å². The van der Waals surface area contributed by atoms with Crippen LogP contribution in [0.1, 0.15) is 21.5 Å². The molecule has 0 aliphatic rings. The molecule has 0 bridgehead atoms. The number of ketones is 1. The third-order valence-electron chi connectivity index (χ3n) is 2.37. The van der Waals surface area contributed by atoms with Gasteiger partial charge in [-0.1, -0.05) is 66.8 Å². The monoisotopic (exact) mass is 226 g/mol. The minimum atomic E-state index is 0.0114. The van der Waals surface area contributed by atoms with Crippen LogP contribution in [-0.2, 0) is 0 Å². The summed E-state index contributed by atoms with van der Waals surface area (Å²) in [5.41, 5.74) is 2.14. The van der Waals surface area contributed by atoms with Crippen LogP contribution in [0.3, 0.4) is 0 Å². The van der Waals surface area contributed by atoms with Crippen molar-refractivity contribution in [3.63, 3.8) is 0 Å². The summed E-state index contributed by atoms with van der Waals surface area (Å²) in [6.45, 7) is 0. The van der Waals surface area contributed by atoms with Gasteiger partial charge in [-0.25, -0.2) is 0 Å². The smallest absolute Gasteiger partial charge is 0.193 e. The van der Waals surface area contributed by atoms with Gasteiger partial charge in [0.25, 0.3) is 0 Å². The van der Waals surface area contributed by atoms with Crippen LogP contribution >= 0.6 is 12.2 Å². The van der Waals surface area contributed by atoms with Gasteiger partial charge in [0.05, 0.1) is 0 Å². The molecule has 16 heavy (non-hydrogen) atoms. The number of carbonyl (C=O) groups excluding carboxylic acids is 1. The molecule has 2 aromatic carbocycles. The average molecular weight is 226 g/mol. The summed E-state index contributed by atoms with van der Waals surface area (Å²) < 4.78 is 0. The molecule has 0 radical (unpaired) electrons. The number of benzene rings is 2. The molecule has 0 atom stereocenters. The Hall–Kier alpha value is -1.80. The molecule has 0 unspecified atom stereocenters. The van der Waals surface area contributed by atoms with E-state index in [0.29, 0.717) is 11.1 Å². The molecule has 0 aromatic heterocycles. The van der Waals surface area contributed by atoms with Gasteiger partial charge in [0.15, 0.2) is 5.78 Å². The van der Waals surface area contributed by atoms with E-state index in [0.717, 1.165) is 5.56 Å². The average Bonchev–Trinajstić information content (AvgIpc) is 2.39. The van der Waals surface area contributed by atoms with Crippen LogP contribution in [0.5, 0.6) is 0 Å². The van der Waals surface area contributed by atoms with E-state index in [9.17, 15) is 4.79 Å². The van der Waals surface area contributed by atoms with E-state index in [4.69, 9.17) is 12.2 Å². The highest BCUT2D eigenvalue weighted by molar-refractivity contribution is 7.79. The van der Waals surface area contributed by atoms with Gasteiger partial charge in [-0.05, 0) is 5.56 Å². The molecule has 2 heteroatoms. The predicted octanol–water partition coefficient (Wildman–Crippen LogP) is 3.27. The summed E-state index contributed by atoms with van der Waals surface area (Å²) in [4.78, 5) is 12.2. The van der Waals surface area contributed by atoms with Gasteiger partial charge in [-0.3, -0.25) is 4.79 Å². The lowest BCUT2D eigenvalue weighted by atomic mass is 9.99. The summed E-state index contributed by atoms with van der Waals surface area (Å²) in [6, 6.07) is 16.6. The Labute approximate surface area is 99.7 Å². The van der Waals surface area contributed by atoms with Crippen molar-refractivity contribution in [3.05, 3.63) is 71.3 Å². The molecule has 0 aliphatic carbocycles. The third kappa shape index (κ3) is 2.07. The zero-order chi connectivity index (χ0) is 11.4. The Morgan fingerprint density at radius 2 is 1.56 bits per heavy atom. The zero-order valence-corrected chi connectivity index (χ0v) is 9.41. The number of hydrogen-bond donors (Lipinski definition) is 0. The first-order valence-corrected chi connectivity index (χ1v) is 5.44. The van der Waals surface area contributed by atoms with E-state index < -0.39 is 0 Å². The van der Waals surface area contributed by atoms with E-state index in [1.54, 1.807) is 6.07 Å². The molecule has 0 amide bonds. The van der Waals surface area contributed by atoms with Gasteiger partial charge < -0.3 is 0 Å². The summed E-state index contributed by atoms with van der Waals surface area (Å²) in [5.74, 6) is 0.0114. The van der Waals surface area contributed by atoms with Crippen molar-refractivity contribution in [3.8, 4) is 0 Å². The second-order valence-corrected chi connectivity index (χ2v) is 3.64. The largest absolute Gasteiger partial charge is 0.289 e. The Balaban J connectivity index is 2.46. The van der Waals surface area contributed by atoms with E-state index in [2.05, 4.69) is 0 Å². The highest BCUT2D eigenvalue weighted by atomic mass is 32.1. The lowest BCUT2D eigenvalue weighted by Crippen LogP contribution is -2.04. The van der Waals surface area contributed by atoms with Gasteiger partial charge in [-0.2, -0.15) is 0 Å². The number of rotatable bonds is 3. The fourth-order valence-corrected chi connectivity index (χ4v) is 1.76. The third-order valence-corrected chi connectivity index (χ3v) is 2.62. The SMILES string of the molecule is O=C(c1ccccc1)c1ccccc1C=S. The lowest BCUT2D eigenvalue weighted by molar-refractivity contribution is 0.103. The molecule has 2 aromatic rings. The molecule has 78 valence electrons. The van der Waals surface area contributed by atoms with Gasteiger partial charge in [0.2, 0.25) is 0 Å². The fourth-order valence-electron chi connectivity index (χ4n) is 1.55. The van der Waals surface area contributed by atoms with Crippen molar-refractivity contribution in [1.82, 2.24) is 0 Å². The van der Waals surface area contributed by atoms with E-state index >= 15 is 0 Å². The quantitative estimate of drug-likeness (QED) is 0.590. The second kappa shape index (κ2) is 4.81. The van der Waals surface area contributed by atoms with Gasteiger partial charge in [0.1, 0.15) is 0 Å². The highest BCUT2D eigenvalue weighted by Crippen LogP contribution is 2.13. The van der Waals surface area contributed by atoms with Crippen molar-refractivity contribution in [2.24, 2.45) is 0 Å². The predicted molar refractivity (Wildman–Crippen MR) is 69.1 cm³/mol. The van der Waals surface area contributed by atoms with Crippen LogP contribution in [0.15, 0.2) is 54.6 Å². The highest BCUT2D eigenvalue weighted by Gasteiger charge is 2.10. The summed E-state index contributed by atoms with van der Waals surface area (Å²) in [7, 11) is 0. The molecular weight excluding hydrogens is 216 g/mol. The van der Waals surface area contributed by atoms with Crippen LogP contribution in [0.25, 0.3) is 0 Å². The molecule has 0 heterocycles. The first-order valence-electron chi connectivity index (χ1n) is 4.97. The van der Waals surface area contributed by atoms with Crippen LogP contribution in [0.4, 0.5) is 0 Å². The van der Waals surface area contributed by atoms with Crippen molar-refractivity contribution in [2.75, 3.05) is 0 Å². The van der Waals surface area contributed by atoms with Crippen molar-refractivity contribution in [2.45, 2.75) is 0 Å². The minimum Gasteiger partial charge on any atom is -0.289 e. The Morgan fingerprint density at radius 1 is 0.938 bits per heavy atom. The Morgan fingerprint density at radius 3 is 2.25 bits per heavy atom. The summed E-state index contributed by atoms with van der Waals surface area (Å²) in [5, 5.41) is 1.54. The fraction of sp³-hybridized carbons (Fsp3) is 0. The molecule has 2 rings (SSSR count). The van der Waals surface area contributed by atoms with Crippen LogP contribution in [0, 0.1) is 0 Å². The Bertz CT molecular complexity index is 517. The molecule has 0 fully saturated rings. The van der Waals surface area contributed by atoms with Crippen LogP contribution in [-0.4, -0.2) is 11.2 Å².